The van der Waals surface area contributed by atoms with Crippen LogP contribution in [0.1, 0.15) is 5.56 Å². The Balaban J connectivity index is 2.22. The highest BCUT2D eigenvalue weighted by Crippen LogP contribution is 2.29. The fourth-order valence-electron chi connectivity index (χ4n) is 2.46. The molecule has 1 aliphatic heterocycles. The van der Waals surface area contributed by atoms with Gasteiger partial charge in [0.05, 0.1) is 5.52 Å². The maximum atomic E-state index is 4.45. The SMILES string of the molecule is CN(C)Cc1cn2c3c(ncnc13)N(C)CC2. The molecule has 2 aromatic rings. The zero-order valence-electron chi connectivity index (χ0n) is 10.5. The number of hydrogen-bond donors (Lipinski definition) is 0. The molecule has 5 heteroatoms. The Bertz CT molecular complexity index is 557. The van der Waals surface area contributed by atoms with Gasteiger partial charge >= 0.3 is 0 Å². The van der Waals surface area contributed by atoms with Gasteiger partial charge in [-0.05, 0) is 14.1 Å². The quantitative estimate of drug-likeness (QED) is 0.771. The van der Waals surface area contributed by atoms with Crippen LogP contribution in [-0.2, 0) is 13.1 Å². The van der Waals surface area contributed by atoms with Crippen LogP contribution in [0.5, 0.6) is 0 Å². The Morgan fingerprint density at radius 1 is 1.29 bits per heavy atom. The van der Waals surface area contributed by atoms with E-state index < -0.39 is 0 Å². The van der Waals surface area contributed by atoms with Crippen molar-refractivity contribution >= 4 is 16.9 Å². The van der Waals surface area contributed by atoms with Gasteiger partial charge in [-0.25, -0.2) is 9.97 Å². The molecule has 0 fully saturated rings. The lowest BCUT2D eigenvalue weighted by molar-refractivity contribution is 0.403. The van der Waals surface area contributed by atoms with Gasteiger partial charge in [0, 0.05) is 38.4 Å². The van der Waals surface area contributed by atoms with Crippen molar-refractivity contribution in [3.05, 3.63) is 18.1 Å². The second kappa shape index (κ2) is 3.70. The van der Waals surface area contributed by atoms with Crippen molar-refractivity contribution in [2.75, 3.05) is 32.6 Å². The van der Waals surface area contributed by atoms with Crippen LogP contribution in [0.4, 0.5) is 5.82 Å². The topological polar surface area (TPSA) is 37.2 Å². The molecule has 3 rings (SSSR count). The van der Waals surface area contributed by atoms with Gasteiger partial charge in [-0.1, -0.05) is 0 Å². The fraction of sp³-hybridized carbons (Fsp3) is 0.500. The van der Waals surface area contributed by atoms with Crippen LogP contribution in [0, 0.1) is 0 Å². The summed E-state index contributed by atoms with van der Waals surface area (Å²) in [5.41, 5.74) is 3.55. The Hall–Kier alpha value is -1.62. The van der Waals surface area contributed by atoms with E-state index in [-0.39, 0.29) is 0 Å². The van der Waals surface area contributed by atoms with Crippen molar-refractivity contribution in [2.45, 2.75) is 13.1 Å². The van der Waals surface area contributed by atoms with Gasteiger partial charge in [0.15, 0.2) is 5.82 Å². The van der Waals surface area contributed by atoms with Gasteiger partial charge in [-0.15, -0.1) is 0 Å². The molecule has 0 unspecified atom stereocenters. The third-order valence-corrected chi connectivity index (χ3v) is 3.23. The molecule has 0 bridgehead atoms. The predicted molar refractivity (Wildman–Crippen MR) is 68.2 cm³/mol. The average molecular weight is 231 g/mol. The maximum Gasteiger partial charge on any atom is 0.156 e. The molecule has 0 aliphatic carbocycles. The lowest BCUT2D eigenvalue weighted by Crippen LogP contribution is -2.28. The van der Waals surface area contributed by atoms with E-state index in [1.54, 1.807) is 6.33 Å². The lowest BCUT2D eigenvalue weighted by Gasteiger charge is -2.24. The summed E-state index contributed by atoms with van der Waals surface area (Å²) in [6.45, 7) is 2.94. The molecular formula is C12H17N5. The lowest BCUT2D eigenvalue weighted by atomic mass is 10.2. The minimum atomic E-state index is 0.920. The van der Waals surface area contributed by atoms with Crippen molar-refractivity contribution < 1.29 is 0 Å². The summed E-state index contributed by atoms with van der Waals surface area (Å²) in [6.07, 6.45) is 3.89. The molecule has 0 amide bonds. The minimum absolute atomic E-state index is 0.920. The van der Waals surface area contributed by atoms with Gasteiger partial charge in [-0.3, -0.25) is 0 Å². The molecule has 5 nitrogen and oxygen atoms in total. The third-order valence-electron chi connectivity index (χ3n) is 3.23. The van der Waals surface area contributed by atoms with E-state index in [1.807, 2.05) is 0 Å². The second-order valence-electron chi connectivity index (χ2n) is 4.90. The van der Waals surface area contributed by atoms with Crippen LogP contribution in [0.25, 0.3) is 11.0 Å². The number of nitrogens with zero attached hydrogens (tertiary/aromatic N) is 5. The fourth-order valence-corrected chi connectivity index (χ4v) is 2.46. The molecule has 0 N–H and O–H groups in total. The summed E-state index contributed by atoms with van der Waals surface area (Å²) in [7, 11) is 6.25. The van der Waals surface area contributed by atoms with Crippen LogP contribution in [0.15, 0.2) is 12.5 Å². The molecule has 1 aliphatic rings. The maximum absolute atomic E-state index is 4.45. The molecule has 0 saturated heterocycles. The van der Waals surface area contributed by atoms with Crippen molar-refractivity contribution in [2.24, 2.45) is 0 Å². The van der Waals surface area contributed by atoms with E-state index in [9.17, 15) is 0 Å². The van der Waals surface area contributed by atoms with E-state index in [4.69, 9.17) is 0 Å². The zero-order valence-corrected chi connectivity index (χ0v) is 10.5. The van der Waals surface area contributed by atoms with E-state index in [1.165, 1.54) is 11.1 Å². The summed E-state index contributed by atoms with van der Waals surface area (Å²) in [6, 6.07) is 0. The van der Waals surface area contributed by atoms with Crippen LogP contribution in [0.3, 0.4) is 0 Å². The molecule has 0 aromatic carbocycles. The van der Waals surface area contributed by atoms with E-state index in [2.05, 4.69) is 51.7 Å². The van der Waals surface area contributed by atoms with Crippen molar-refractivity contribution in [3.8, 4) is 0 Å². The highest BCUT2D eigenvalue weighted by molar-refractivity contribution is 5.90. The Kier molecular flexibility index (Phi) is 2.29. The van der Waals surface area contributed by atoms with Crippen molar-refractivity contribution in [1.29, 1.82) is 0 Å². The minimum Gasteiger partial charge on any atom is -0.356 e. The van der Waals surface area contributed by atoms with Gasteiger partial charge < -0.3 is 14.4 Å². The highest BCUT2D eigenvalue weighted by atomic mass is 15.2. The molecule has 0 atom stereocenters. The van der Waals surface area contributed by atoms with E-state index in [0.717, 1.165) is 31.0 Å². The van der Waals surface area contributed by atoms with Crippen LogP contribution < -0.4 is 4.90 Å². The Morgan fingerprint density at radius 3 is 2.88 bits per heavy atom. The summed E-state index contributed by atoms with van der Waals surface area (Å²) >= 11 is 0. The molecular weight excluding hydrogens is 214 g/mol. The summed E-state index contributed by atoms with van der Waals surface area (Å²) in [5.74, 6) is 1.05. The zero-order chi connectivity index (χ0) is 12.0. The number of rotatable bonds is 2. The molecule has 90 valence electrons. The standard InChI is InChI=1S/C12H17N5/c1-15(2)6-9-7-17-5-4-16(3)12-11(17)10(9)13-8-14-12/h7-8H,4-6H2,1-3H3. The van der Waals surface area contributed by atoms with E-state index >= 15 is 0 Å². The van der Waals surface area contributed by atoms with Gasteiger partial charge in [0.1, 0.15) is 11.8 Å². The first-order valence-electron chi connectivity index (χ1n) is 5.85. The first-order chi connectivity index (χ1) is 8.16. The van der Waals surface area contributed by atoms with Crippen molar-refractivity contribution in [3.63, 3.8) is 0 Å². The molecule has 0 radical (unpaired) electrons. The molecule has 0 saturated carbocycles. The van der Waals surface area contributed by atoms with Gasteiger partial charge in [-0.2, -0.15) is 0 Å². The number of likely N-dealkylation sites (N-methyl/N-ethyl adjacent to an activating group) is 1. The molecule has 0 spiro atoms. The smallest absolute Gasteiger partial charge is 0.156 e. The molecule has 3 heterocycles. The largest absolute Gasteiger partial charge is 0.356 e. The predicted octanol–water partition coefficient (Wildman–Crippen LogP) is 0.943. The monoisotopic (exact) mass is 231 g/mol. The van der Waals surface area contributed by atoms with Crippen LogP contribution in [0.2, 0.25) is 0 Å². The number of aromatic nitrogens is 3. The Morgan fingerprint density at radius 2 is 2.12 bits per heavy atom. The van der Waals surface area contributed by atoms with Gasteiger partial charge in [0.25, 0.3) is 0 Å². The van der Waals surface area contributed by atoms with Crippen LogP contribution in [-0.4, -0.2) is 47.1 Å². The van der Waals surface area contributed by atoms with E-state index in [0.29, 0.717) is 0 Å². The first-order valence-corrected chi connectivity index (χ1v) is 5.85. The third kappa shape index (κ3) is 1.58. The molecule has 2 aromatic heterocycles. The Labute approximate surface area is 101 Å². The van der Waals surface area contributed by atoms with Crippen molar-refractivity contribution in [1.82, 2.24) is 19.4 Å². The summed E-state index contributed by atoms with van der Waals surface area (Å²) in [4.78, 5) is 13.2. The normalized spacial score (nSPS) is 14.9. The molecule has 17 heavy (non-hydrogen) atoms. The number of anilines is 1. The highest BCUT2D eigenvalue weighted by Gasteiger charge is 2.20. The second-order valence-corrected chi connectivity index (χ2v) is 4.90. The van der Waals surface area contributed by atoms with Gasteiger partial charge in [0.2, 0.25) is 0 Å². The average Bonchev–Trinajstić information content (AvgIpc) is 2.63. The first kappa shape index (κ1) is 10.5. The van der Waals surface area contributed by atoms with Crippen LogP contribution >= 0.6 is 0 Å². The number of hydrogen-bond acceptors (Lipinski definition) is 4. The summed E-state index contributed by atoms with van der Waals surface area (Å²) < 4.78 is 2.28. The summed E-state index contributed by atoms with van der Waals surface area (Å²) in [5, 5.41) is 0.